The summed E-state index contributed by atoms with van der Waals surface area (Å²) >= 11 is 1.43. The van der Waals surface area contributed by atoms with Gasteiger partial charge in [-0.15, -0.1) is 0 Å². The maximum atomic E-state index is 12.1. The number of hydrogen-bond acceptors (Lipinski definition) is 7. The van der Waals surface area contributed by atoms with Crippen LogP contribution in [-0.2, 0) is 16.0 Å². The zero-order chi connectivity index (χ0) is 16.1. The van der Waals surface area contributed by atoms with Gasteiger partial charge in [-0.2, -0.15) is 4.98 Å². The smallest absolute Gasteiger partial charge is 0.259 e. The molecule has 0 unspecified atom stereocenters. The van der Waals surface area contributed by atoms with Gasteiger partial charge in [-0.25, -0.2) is 4.98 Å². The first-order valence-corrected chi connectivity index (χ1v) is 8.52. The first-order valence-electron chi connectivity index (χ1n) is 7.53. The molecule has 0 spiro atoms. The highest BCUT2D eigenvalue weighted by molar-refractivity contribution is 7.99. The van der Waals surface area contributed by atoms with Gasteiger partial charge in [-0.3, -0.25) is 4.79 Å². The fraction of sp³-hybridized carbons (Fsp3) is 0.467. The number of carbonyl (C=O) groups excluding carboxylic acids is 1. The van der Waals surface area contributed by atoms with E-state index in [2.05, 4.69) is 15.1 Å². The van der Waals surface area contributed by atoms with Crippen LogP contribution in [0.1, 0.15) is 12.7 Å². The first kappa shape index (κ1) is 15.9. The van der Waals surface area contributed by atoms with Gasteiger partial charge in [0.15, 0.2) is 5.82 Å². The molecule has 7 nitrogen and oxygen atoms in total. The average Bonchev–Trinajstić information content (AvgIpc) is 3.10. The number of ether oxygens (including phenoxy) is 1. The number of morpholine rings is 1. The fourth-order valence-electron chi connectivity index (χ4n) is 2.15. The van der Waals surface area contributed by atoms with Crippen LogP contribution in [0.4, 0.5) is 0 Å². The monoisotopic (exact) mass is 334 g/mol. The van der Waals surface area contributed by atoms with Crippen LogP contribution in [0.15, 0.2) is 27.9 Å². The normalized spacial score (nSPS) is 14.9. The number of rotatable bonds is 5. The van der Waals surface area contributed by atoms with Crippen LogP contribution in [-0.4, -0.2) is 58.0 Å². The Morgan fingerprint density at radius 2 is 2.17 bits per heavy atom. The van der Waals surface area contributed by atoms with E-state index in [9.17, 15) is 4.79 Å². The maximum absolute atomic E-state index is 12.1. The highest BCUT2D eigenvalue weighted by atomic mass is 32.2. The van der Waals surface area contributed by atoms with Crippen molar-refractivity contribution in [1.29, 1.82) is 0 Å². The maximum Gasteiger partial charge on any atom is 0.259 e. The molecule has 8 heteroatoms. The molecule has 1 aliphatic heterocycles. The molecular weight excluding hydrogens is 316 g/mol. The van der Waals surface area contributed by atoms with Gasteiger partial charge in [0.2, 0.25) is 5.91 Å². The van der Waals surface area contributed by atoms with Gasteiger partial charge in [-0.05, 0) is 12.1 Å². The molecule has 0 aromatic carbocycles. The Morgan fingerprint density at radius 3 is 2.83 bits per heavy atom. The SMILES string of the molecule is CCc1noc(-c2ccc(SCC(=O)N3CCOCC3)nc2)n1. The summed E-state index contributed by atoms with van der Waals surface area (Å²) in [5, 5.41) is 4.66. The second-order valence-electron chi connectivity index (χ2n) is 5.04. The molecule has 2 aromatic heterocycles. The van der Waals surface area contributed by atoms with Crippen LogP contribution in [0.25, 0.3) is 11.5 Å². The number of nitrogens with zero attached hydrogens (tertiary/aromatic N) is 4. The molecule has 0 aliphatic carbocycles. The van der Waals surface area contributed by atoms with E-state index < -0.39 is 0 Å². The summed E-state index contributed by atoms with van der Waals surface area (Å²) in [6, 6.07) is 3.74. The average molecular weight is 334 g/mol. The van der Waals surface area contributed by atoms with E-state index in [1.807, 2.05) is 24.0 Å². The van der Waals surface area contributed by atoms with Gasteiger partial charge in [0.25, 0.3) is 5.89 Å². The molecular formula is C15H18N4O3S. The lowest BCUT2D eigenvalue weighted by Crippen LogP contribution is -2.41. The number of amides is 1. The highest BCUT2D eigenvalue weighted by Crippen LogP contribution is 2.21. The zero-order valence-electron chi connectivity index (χ0n) is 12.9. The third-order valence-corrected chi connectivity index (χ3v) is 4.40. The van der Waals surface area contributed by atoms with E-state index in [0.717, 1.165) is 17.0 Å². The summed E-state index contributed by atoms with van der Waals surface area (Å²) in [4.78, 5) is 22.5. The van der Waals surface area contributed by atoms with Gasteiger partial charge in [0, 0.05) is 25.7 Å². The summed E-state index contributed by atoms with van der Waals surface area (Å²) in [5.41, 5.74) is 0.779. The molecule has 1 amide bonds. The van der Waals surface area contributed by atoms with Crippen molar-refractivity contribution in [3.05, 3.63) is 24.2 Å². The largest absolute Gasteiger partial charge is 0.378 e. The molecule has 0 saturated carbocycles. The van der Waals surface area contributed by atoms with Crippen molar-refractivity contribution in [2.45, 2.75) is 18.4 Å². The molecule has 0 N–H and O–H groups in total. The number of hydrogen-bond donors (Lipinski definition) is 0. The quantitative estimate of drug-likeness (QED) is 0.769. The third-order valence-electron chi connectivity index (χ3n) is 3.47. The lowest BCUT2D eigenvalue weighted by molar-refractivity contribution is -0.132. The molecule has 2 aromatic rings. The molecule has 3 rings (SSSR count). The van der Waals surface area contributed by atoms with Crippen LogP contribution in [0, 0.1) is 0 Å². The van der Waals surface area contributed by atoms with E-state index in [-0.39, 0.29) is 5.91 Å². The Labute approximate surface area is 138 Å². The van der Waals surface area contributed by atoms with Crippen molar-refractivity contribution in [2.75, 3.05) is 32.1 Å². The van der Waals surface area contributed by atoms with Crippen molar-refractivity contribution < 1.29 is 14.1 Å². The van der Waals surface area contributed by atoms with Crippen molar-refractivity contribution in [2.24, 2.45) is 0 Å². The van der Waals surface area contributed by atoms with E-state index >= 15 is 0 Å². The van der Waals surface area contributed by atoms with Gasteiger partial charge >= 0.3 is 0 Å². The number of pyridine rings is 1. The molecule has 0 bridgehead atoms. The molecule has 1 aliphatic rings. The van der Waals surface area contributed by atoms with Gasteiger partial charge in [0.1, 0.15) is 0 Å². The predicted molar refractivity (Wildman–Crippen MR) is 85.0 cm³/mol. The highest BCUT2D eigenvalue weighted by Gasteiger charge is 2.17. The number of carbonyl (C=O) groups is 1. The van der Waals surface area contributed by atoms with Gasteiger partial charge in [0.05, 0.1) is 29.6 Å². The Kier molecular flexibility index (Phi) is 5.24. The fourth-order valence-corrected chi connectivity index (χ4v) is 2.89. The Morgan fingerprint density at radius 1 is 1.35 bits per heavy atom. The van der Waals surface area contributed by atoms with Gasteiger partial charge in [-0.1, -0.05) is 23.8 Å². The van der Waals surface area contributed by atoms with Gasteiger partial charge < -0.3 is 14.2 Å². The molecule has 122 valence electrons. The molecule has 0 atom stereocenters. The third kappa shape index (κ3) is 4.08. The number of thioether (sulfide) groups is 1. The van der Waals surface area contributed by atoms with Crippen LogP contribution < -0.4 is 0 Å². The second-order valence-corrected chi connectivity index (χ2v) is 6.03. The van der Waals surface area contributed by atoms with E-state index in [1.165, 1.54) is 11.8 Å². The van der Waals surface area contributed by atoms with Crippen molar-refractivity contribution >= 4 is 17.7 Å². The Hall–Kier alpha value is -1.93. The number of aromatic nitrogens is 3. The molecule has 23 heavy (non-hydrogen) atoms. The zero-order valence-corrected chi connectivity index (χ0v) is 13.7. The van der Waals surface area contributed by atoms with Crippen molar-refractivity contribution in [1.82, 2.24) is 20.0 Å². The molecule has 3 heterocycles. The van der Waals surface area contributed by atoms with Crippen LogP contribution >= 0.6 is 11.8 Å². The van der Waals surface area contributed by atoms with E-state index in [0.29, 0.717) is 43.8 Å². The molecule has 1 saturated heterocycles. The topological polar surface area (TPSA) is 81.4 Å². The summed E-state index contributed by atoms with van der Waals surface area (Å²) in [7, 11) is 0. The molecule has 1 fully saturated rings. The van der Waals surface area contributed by atoms with E-state index in [4.69, 9.17) is 9.26 Å². The summed E-state index contributed by atoms with van der Waals surface area (Å²) < 4.78 is 10.4. The Bertz CT molecular complexity index is 653. The van der Waals surface area contributed by atoms with Crippen LogP contribution in [0.3, 0.4) is 0 Å². The van der Waals surface area contributed by atoms with Crippen LogP contribution in [0.5, 0.6) is 0 Å². The standard InChI is InChI=1S/C15H18N4O3S/c1-2-12-17-15(22-18-12)11-3-4-13(16-9-11)23-10-14(20)19-5-7-21-8-6-19/h3-4,9H,2,5-8,10H2,1H3. The Balaban J connectivity index is 1.55. The second kappa shape index (κ2) is 7.56. The predicted octanol–water partition coefficient (Wildman–Crippen LogP) is 1.64. The van der Waals surface area contributed by atoms with Crippen molar-refractivity contribution in [3.63, 3.8) is 0 Å². The molecule has 0 radical (unpaired) electrons. The lowest BCUT2D eigenvalue weighted by atomic mass is 10.3. The van der Waals surface area contributed by atoms with E-state index in [1.54, 1.807) is 6.20 Å². The summed E-state index contributed by atoms with van der Waals surface area (Å²) in [5.74, 6) is 1.64. The minimum Gasteiger partial charge on any atom is -0.378 e. The van der Waals surface area contributed by atoms with Crippen molar-refractivity contribution in [3.8, 4) is 11.5 Å². The number of aryl methyl sites for hydroxylation is 1. The minimum atomic E-state index is 0.119. The summed E-state index contributed by atoms with van der Waals surface area (Å²) in [6.45, 7) is 4.55. The minimum absolute atomic E-state index is 0.119. The lowest BCUT2D eigenvalue weighted by Gasteiger charge is -2.26. The summed E-state index contributed by atoms with van der Waals surface area (Å²) in [6.07, 6.45) is 2.42. The van der Waals surface area contributed by atoms with Crippen LogP contribution in [0.2, 0.25) is 0 Å². The first-order chi connectivity index (χ1) is 11.3.